The Morgan fingerprint density at radius 1 is 0.952 bits per heavy atom. The Morgan fingerprint density at radius 3 is 2.17 bits per heavy atom. The van der Waals surface area contributed by atoms with Crippen LogP contribution < -0.4 is 9.62 Å². The van der Waals surface area contributed by atoms with Crippen LogP contribution >= 0.6 is 34.8 Å². The molecular formula is C31H34Cl3N3O4S. The molecule has 224 valence electrons. The lowest BCUT2D eigenvalue weighted by Gasteiger charge is -2.33. The van der Waals surface area contributed by atoms with Gasteiger partial charge >= 0.3 is 0 Å². The van der Waals surface area contributed by atoms with Crippen molar-refractivity contribution in [2.24, 2.45) is 0 Å². The zero-order valence-electron chi connectivity index (χ0n) is 23.7. The first kappa shape index (κ1) is 32.1. The zero-order chi connectivity index (χ0) is 30.6. The Morgan fingerprint density at radius 2 is 1.57 bits per heavy atom. The third kappa shape index (κ3) is 7.40. The third-order valence-electron chi connectivity index (χ3n) is 7.57. The summed E-state index contributed by atoms with van der Waals surface area (Å²) in [5.41, 5.74) is 2.22. The van der Waals surface area contributed by atoms with Gasteiger partial charge in [-0.05, 0) is 81.6 Å². The monoisotopic (exact) mass is 649 g/mol. The van der Waals surface area contributed by atoms with Crippen molar-refractivity contribution in [3.8, 4) is 0 Å². The number of nitrogens with one attached hydrogen (secondary N) is 1. The summed E-state index contributed by atoms with van der Waals surface area (Å²) in [6.45, 7) is 4.55. The molecule has 1 aliphatic rings. The van der Waals surface area contributed by atoms with Crippen LogP contribution in [-0.4, -0.2) is 43.8 Å². The predicted octanol–water partition coefficient (Wildman–Crippen LogP) is 6.94. The fourth-order valence-electron chi connectivity index (χ4n) is 5.08. The maximum absolute atomic E-state index is 14.2. The number of nitrogens with zero attached hydrogens (tertiary/aromatic N) is 2. The fourth-order valence-corrected chi connectivity index (χ4v) is 7.30. The summed E-state index contributed by atoms with van der Waals surface area (Å²) in [5.74, 6) is -0.917. The highest BCUT2D eigenvalue weighted by molar-refractivity contribution is 7.92. The lowest BCUT2D eigenvalue weighted by molar-refractivity contribution is -0.139. The number of halogens is 3. The molecule has 0 heterocycles. The van der Waals surface area contributed by atoms with E-state index < -0.39 is 28.5 Å². The van der Waals surface area contributed by atoms with Crippen LogP contribution in [-0.2, 0) is 26.2 Å². The number of hydrogen-bond donors (Lipinski definition) is 1. The van der Waals surface area contributed by atoms with E-state index in [4.69, 9.17) is 34.8 Å². The van der Waals surface area contributed by atoms with Crippen molar-refractivity contribution in [2.45, 2.75) is 70.0 Å². The largest absolute Gasteiger partial charge is 0.352 e. The molecule has 1 fully saturated rings. The van der Waals surface area contributed by atoms with Crippen LogP contribution in [0.1, 0.15) is 49.3 Å². The molecule has 0 aliphatic heterocycles. The third-order valence-corrected chi connectivity index (χ3v) is 10.3. The Hall–Kier alpha value is -2.78. The van der Waals surface area contributed by atoms with E-state index in [9.17, 15) is 18.0 Å². The van der Waals surface area contributed by atoms with Crippen LogP contribution in [0.15, 0.2) is 65.6 Å². The second-order valence-electron chi connectivity index (χ2n) is 10.6. The van der Waals surface area contributed by atoms with E-state index in [-0.39, 0.29) is 23.4 Å². The summed E-state index contributed by atoms with van der Waals surface area (Å²) in [6.07, 6.45) is 3.81. The fraction of sp³-hybridized carbons (Fsp3) is 0.355. The lowest BCUT2D eigenvalue weighted by atomic mass is 10.1. The molecule has 0 spiro atoms. The van der Waals surface area contributed by atoms with Crippen molar-refractivity contribution >= 4 is 62.3 Å². The highest BCUT2D eigenvalue weighted by atomic mass is 35.5. The first-order valence-electron chi connectivity index (χ1n) is 13.8. The van der Waals surface area contributed by atoms with Gasteiger partial charge < -0.3 is 10.2 Å². The Labute approximate surface area is 262 Å². The molecule has 1 unspecified atom stereocenters. The summed E-state index contributed by atoms with van der Waals surface area (Å²) in [4.78, 5) is 28.9. The highest BCUT2D eigenvalue weighted by Gasteiger charge is 2.34. The Balaban J connectivity index is 1.74. The SMILES string of the molecule is Cc1ccc(S(=O)(=O)N(CC(=O)N(Cc2c(Cl)cccc2Cl)C(C)C(=O)NC2CCCC2)c2ccc(Cl)cc2C)cc1. The molecule has 11 heteroatoms. The number of hydrogen-bond acceptors (Lipinski definition) is 4. The van der Waals surface area contributed by atoms with Gasteiger partial charge in [-0.15, -0.1) is 0 Å². The van der Waals surface area contributed by atoms with Crippen molar-refractivity contribution in [1.82, 2.24) is 10.2 Å². The summed E-state index contributed by atoms with van der Waals surface area (Å²) in [7, 11) is -4.20. The number of benzene rings is 3. The van der Waals surface area contributed by atoms with Gasteiger partial charge in [0.15, 0.2) is 0 Å². The normalized spacial score (nSPS) is 14.4. The van der Waals surface area contributed by atoms with Crippen molar-refractivity contribution in [3.05, 3.63) is 92.4 Å². The predicted molar refractivity (Wildman–Crippen MR) is 169 cm³/mol. The van der Waals surface area contributed by atoms with E-state index in [0.29, 0.717) is 31.9 Å². The molecular weight excluding hydrogens is 617 g/mol. The van der Waals surface area contributed by atoms with E-state index in [1.54, 1.807) is 62.4 Å². The second kappa shape index (κ2) is 13.7. The maximum Gasteiger partial charge on any atom is 0.264 e. The minimum Gasteiger partial charge on any atom is -0.352 e. The molecule has 0 bridgehead atoms. The van der Waals surface area contributed by atoms with Crippen molar-refractivity contribution < 1.29 is 18.0 Å². The topological polar surface area (TPSA) is 86.8 Å². The van der Waals surface area contributed by atoms with Gasteiger partial charge in [0.25, 0.3) is 10.0 Å². The summed E-state index contributed by atoms with van der Waals surface area (Å²) in [5, 5.41) is 4.15. The van der Waals surface area contributed by atoms with Crippen molar-refractivity contribution in [3.63, 3.8) is 0 Å². The molecule has 1 N–H and O–H groups in total. The van der Waals surface area contributed by atoms with Gasteiger partial charge in [-0.2, -0.15) is 0 Å². The van der Waals surface area contributed by atoms with Crippen LogP contribution in [0.25, 0.3) is 0 Å². The van der Waals surface area contributed by atoms with Gasteiger partial charge in [-0.1, -0.05) is 71.4 Å². The molecule has 0 saturated heterocycles. The van der Waals surface area contributed by atoms with Crippen molar-refractivity contribution in [1.29, 1.82) is 0 Å². The minimum atomic E-state index is -4.20. The van der Waals surface area contributed by atoms with Gasteiger partial charge in [0, 0.05) is 33.2 Å². The smallest absolute Gasteiger partial charge is 0.264 e. The van der Waals surface area contributed by atoms with Gasteiger partial charge in [0.05, 0.1) is 10.6 Å². The van der Waals surface area contributed by atoms with Gasteiger partial charge in [-0.3, -0.25) is 13.9 Å². The van der Waals surface area contributed by atoms with E-state index >= 15 is 0 Å². The number of carbonyl (C=O) groups excluding carboxylic acids is 2. The average molecular weight is 651 g/mol. The standard InChI is InChI=1S/C31H34Cl3N3O4S/c1-20-11-14-25(15-12-20)42(40,41)37(29-16-13-23(32)17-21(29)2)19-30(38)36(18-26-27(33)9-6-10-28(26)34)22(3)31(39)35-24-7-4-5-8-24/h6,9-17,22,24H,4-5,7-8,18-19H2,1-3H3,(H,35,39). The Bertz CT molecular complexity index is 1540. The molecule has 3 aromatic carbocycles. The summed E-state index contributed by atoms with van der Waals surface area (Å²) >= 11 is 19.1. The lowest BCUT2D eigenvalue weighted by Crippen LogP contribution is -2.52. The molecule has 1 aliphatic carbocycles. The van der Waals surface area contributed by atoms with Gasteiger partial charge in [0.1, 0.15) is 12.6 Å². The van der Waals surface area contributed by atoms with Crippen molar-refractivity contribution in [2.75, 3.05) is 10.8 Å². The number of aryl methyl sites for hydroxylation is 2. The van der Waals surface area contributed by atoms with Gasteiger partial charge in [0.2, 0.25) is 11.8 Å². The number of anilines is 1. The van der Waals surface area contributed by atoms with Crippen LogP contribution in [0.2, 0.25) is 15.1 Å². The van der Waals surface area contributed by atoms with E-state index in [0.717, 1.165) is 35.6 Å². The van der Waals surface area contributed by atoms with E-state index in [2.05, 4.69) is 5.32 Å². The Kier molecular flexibility index (Phi) is 10.5. The first-order valence-corrected chi connectivity index (χ1v) is 16.3. The number of rotatable bonds is 10. The zero-order valence-corrected chi connectivity index (χ0v) is 26.8. The van der Waals surface area contributed by atoms with Crippen LogP contribution in [0.3, 0.4) is 0 Å². The minimum absolute atomic E-state index is 0.0305. The van der Waals surface area contributed by atoms with Crippen LogP contribution in [0.5, 0.6) is 0 Å². The molecule has 0 aromatic heterocycles. The number of carbonyl (C=O) groups is 2. The summed E-state index contributed by atoms with van der Waals surface area (Å²) < 4.78 is 29.1. The second-order valence-corrected chi connectivity index (χ2v) is 13.8. The molecule has 7 nitrogen and oxygen atoms in total. The molecule has 3 aromatic rings. The molecule has 42 heavy (non-hydrogen) atoms. The van der Waals surface area contributed by atoms with E-state index in [1.165, 1.54) is 17.0 Å². The molecule has 0 radical (unpaired) electrons. The molecule has 1 atom stereocenters. The quantitative estimate of drug-likeness (QED) is 0.258. The average Bonchev–Trinajstić information content (AvgIpc) is 3.45. The van der Waals surface area contributed by atoms with Crippen LogP contribution in [0.4, 0.5) is 5.69 Å². The van der Waals surface area contributed by atoms with Gasteiger partial charge in [-0.25, -0.2) is 8.42 Å². The van der Waals surface area contributed by atoms with E-state index in [1.807, 2.05) is 6.92 Å². The maximum atomic E-state index is 14.2. The number of sulfonamides is 1. The highest BCUT2D eigenvalue weighted by Crippen LogP contribution is 2.31. The summed E-state index contributed by atoms with van der Waals surface area (Å²) in [6, 6.07) is 15.3. The van der Waals surface area contributed by atoms with Crippen LogP contribution in [0, 0.1) is 13.8 Å². The molecule has 1 saturated carbocycles. The number of amides is 2. The molecule has 4 rings (SSSR count). The molecule has 2 amide bonds. The first-order chi connectivity index (χ1) is 19.9.